The fourth-order valence-electron chi connectivity index (χ4n) is 1.41. The average molecular weight is 249 g/mol. The lowest BCUT2D eigenvalue weighted by molar-refractivity contribution is -0.125. The first-order chi connectivity index (χ1) is 8.65. The first kappa shape index (κ1) is 14.2. The van der Waals surface area contributed by atoms with Gasteiger partial charge in [0.2, 0.25) is 11.8 Å². The molecule has 4 N–H and O–H groups in total. The van der Waals surface area contributed by atoms with Crippen LogP contribution in [0, 0.1) is 0 Å². The summed E-state index contributed by atoms with van der Waals surface area (Å²) in [5.41, 5.74) is 7.40. The molecule has 0 heterocycles. The van der Waals surface area contributed by atoms with Crippen LogP contribution >= 0.6 is 0 Å². The Kier molecular flexibility index (Phi) is 5.87. The number of nitrogens with one attached hydrogen (secondary N) is 2. The van der Waals surface area contributed by atoms with Crippen LogP contribution in [0.3, 0.4) is 0 Å². The lowest BCUT2D eigenvalue weighted by Gasteiger charge is -2.07. The number of amides is 2. The molecule has 18 heavy (non-hydrogen) atoms. The van der Waals surface area contributed by atoms with E-state index < -0.39 is 0 Å². The molecule has 0 bridgehead atoms. The Hall–Kier alpha value is -1.88. The van der Waals surface area contributed by atoms with Crippen molar-refractivity contribution < 1.29 is 9.59 Å². The van der Waals surface area contributed by atoms with Gasteiger partial charge in [-0.1, -0.05) is 31.2 Å². The van der Waals surface area contributed by atoms with Crippen LogP contribution in [-0.4, -0.2) is 24.9 Å². The number of carbonyl (C=O) groups is 2. The van der Waals surface area contributed by atoms with Gasteiger partial charge in [0.05, 0.1) is 13.1 Å². The van der Waals surface area contributed by atoms with Crippen molar-refractivity contribution in [2.75, 3.05) is 13.1 Å². The third-order valence-electron chi connectivity index (χ3n) is 2.55. The molecule has 5 heteroatoms. The molecular formula is C13H19N3O2. The van der Waals surface area contributed by atoms with Gasteiger partial charge >= 0.3 is 0 Å². The zero-order chi connectivity index (χ0) is 13.4. The SMILES string of the molecule is CCc1ccc(CNC(=O)CNC(=O)CN)cc1. The van der Waals surface area contributed by atoms with E-state index in [1.807, 2.05) is 24.3 Å². The number of carbonyl (C=O) groups excluding carboxylic acids is 2. The van der Waals surface area contributed by atoms with Gasteiger partial charge in [-0.15, -0.1) is 0 Å². The van der Waals surface area contributed by atoms with Crippen molar-refractivity contribution in [3.63, 3.8) is 0 Å². The van der Waals surface area contributed by atoms with E-state index in [0.29, 0.717) is 6.54 Å². The van der Waals surface area contributed by atoms with Crippen molar-refractivity contribution in [3.05, 3.63) is 35.4 Å². The van der Waals surface area contributed by atoms with Gasteiger partial charge in [0.1, 0.15) is 0 Å². The molecule has 2 amide bonds. The monoisotopic (exact) mass is 249 g/mol. The maximum atomic E-state index is 11.4. The molecule has 0 radical (unpaired) electrons. The largest absolute Gasteiger partial charge is 0.350 e. The molecule has 0 spiro atoms. The summed E-state index contributed by atoms with van der Waals surface area (Å²) in [7, 11) is 0. The summed E-state index contributed by atoms with van der Waals surface area (Å²) in [6.07, 6.45) is 0.998. The maximum absolute atomic E-state index is 11.4. The van der Waals surface area contributed by atoms with Crippen molar-refractivity contribution in [2.45, 2.75) is 19.9 Å². The van der Waals surface area contributed by atoms with Gasteiger partial charge < -0.3 is 16.4 Å². The number of hydrogen-bond acceptors (Lipinski definition) is 3. The second kappa shape index (κ2) is 7.45. The summed E-state index contributed by atoms with van der Waals surface area (Å²) in [6.45, 7) is 2.41. The van der Waals surface area contributed by atoms with E-state index in [9.17, 15) is 9.59 Å². The smallest absolute Gasteiger partial charge is 0.239 e. The van der Waals surface area contributed by atoms with Crippen molar-refractivity contribution in [3.8, 4) is 0 Å². The Morgan fingerprint density at radius 2 is 1.67 bits per heavy atom. The van der Waals surface area contributed by atoms with Crippen molar-refractivity contribution in [1.29, 1.82) is 0 Å². The minimum absolute atomic E-state index is 0.0386. The molecule has 0 saturated heterocycles. The molecule has 0 saturated carbocycles. The summed E-state index contributed by atoms with van der Waals surface area (Å²) in [5, 5.41) is 5.13. The lowest BCUT2D eigenvalue weighted by atomic mass is 10.1. The maximum Gasteiger partial charge on any atom is 0.239 e. The molecule has 1 aromatic carbocycles. The van der Waals surface area contributed by atoms with Crippen LogP contribution in [0.2, 0.25) is 0 Å². The third kappa shape index (κ3) is 4.97. The molecule has 0 fully saturated rings. The highest BCUT2D eigenvalue weighted by Crippen LogP contribution is 2.04. The highest BCUT2D eigenvalue weighted by atomic mass is 16.2. The van der Waals surface area contributed by atoms with E-state index in [0.717, 1.165) is 12.0 Å². The van der Waals surface area contributed by atoms with E-state index in [2.05, 4.69) is 17.6 Å². The summed E-state index contributed by atoms with van der Waals surface area (Å²) in [5.74, 6) is -0.561. The predicted molar refractivity (Wildman–Crippen MR) is 69.7 cm³/mol. The van der Waals surface area contributed by atoms with Crippen LogP contribution in [0.5, 0.6) is 0 Å². The van der Waals surface area contributed by atoms with Gasteiger partial charge in [-0.2, -0.15) is 0 Å². The third-order valence-corrected chi connectivity index (χ3v) is 2.55. The summed E-state index contributed by atoms with van der Waals surface area (Å²) in [4.78, 5) is 22.2. The zero-order valence-corrected chi connectivity index (χ0v) is 10.5. The van der Waals surface area contributed by atoms with Gasteiger partial charge in [-0.25, -0.2) is 0 Å². The summed E-state index contributed by atoms with van der Waals surface area (Å²) in [6, 6.07) is 8.05. The van der Waals surface area contributed by atoms with E-state index in [1.54, 1.807) is 0 Å². The molecule has 0 atom stereocenters. The molecule has 0 aliphatic heterocycles. The summed E-state index contributed by atoms with van der Waals surface area (Å²) >= 11 is 0. The second-order valence-corrected chi connectivity index (χ2v) is 3.93. The van der Waals surface area contributed by atoms with Gasteiger partial charge in [0.15, 0.2) is 0 Å². The van der Waals surface area contributed by atoms with Crippen LogP contribution < -0.4 is 16.4 Å². The standard InChI is InChI=1S/C13H19N3O2/c1-2-10-3-5-11(6-4-10)8-15-13(18)9-16-12(17)7-14/h3-6H,2,7-9,14H2,1H3,(H,15,18)(H,16,17). The van der Waals surface area contributed by atoms with Gasteiger partial charge in [0, 0.05) is 6.54 Å². The number of benzene rings is 1. The van der Waals surface area contributed by atoms with Crippen LogP contribution in [0.1, 0.15) is 18.1 Å². The van der Waals surface area contributed by atoms with E-state index in [4.69, 9.17) is 5.73 Å². The highest BCUT2D eigenvalue weighted by molar-refractivity contribution is 5.85. The van der Waals surface area contributed by atoms with Crippen LogP contribution in [0.25, 0.3) is 0 Å². The molecule has 0 aromatic heterocycles. The average Bonchev–Trinajstić information content (AvgIpc) is 2.42. The van der Waals surface area contributed by atoms with Crippen molar-refractivity contribution in [1.82, 2.24) is 10.6 Å². The number of nitrogens with two attached hydrogens (primary N) is 1. The second-order valence-electron chi connectivity index (χ2n) is 3.93. The Bertz CT molecular complexity index is 401. The molecule has 5 nitrogen and oxygen atoms in total. The molecule has 98 valence electrons. The first-order valence-corrected chi connectivity index (χ1v) is 5.97. The predicted octanol–water partition coefficient (Wildman–Crippen LogP) is -0.0599. The first-order valence-electron chi connectivity index (χ1n) is 5.97. The summed E-state index contributed by atoms with van der Waals surface area (Å²) < 4.78 is 0. The zero-order valence-electron chi connectivity index (χ0n) is 10.5. The van der Waals surface area contributed by atoms with Gasteiger partial charge in [0.25, 0.3) is 0 Å². The van der Waals surface area contributed by atoms with Gasteiger partial charge in [-0.05, 0) is 17.5 Å². The Morgan fingerprint density at radius 1 is 1.06 bits per heavy atom. The number of rotatable bonds is 6. The lowest BCUT2D eigenvalue weighted by Crippen LogP contribution is -2.39. The molecule has 0 aliphatic carbocycles. The van der Waals surface area contributed by atoms with Crippen LogP contribution in [0.15, 0.2) is 24.3 Å². The Morgan fingerprint density at radius 3 is 2.22 bits per heavy atom. The number of hydrogen-bond donors (Lipinski definition) is 3. The Balaban J connectivity index is 2.31. The quantitative estimate of drug-likeness (QED) is 0.660. The fourth-order valence-corrected chi connectivity index (χ4v) is 1.41. The van der Waals surface area contributed by atoms with Crippen LogP contribution in [-0.2, 0) is 22.6 Å². The van der Waals surface area contributed by atoms with Crippen LogP contribution in [0.4, 0.5) is 0 Å². The van der Waals surface area contributed by atoms with E-state index in [1.165, 1.54) is 5.56 Å². The molecule has 1 aromatic rings. The molecular weight excluding hydrogens is 230 g/mol. The minimum atomic E-state index is -0.336. The fraction of sp³-hybridized carbons (Fsp3) is 0.385. The van der Waals surface area contributed by atoms with E-state index in [-0.39, 0.29) is 24.9 Å². The highest BCUT2D eigenvalue weighted by Gasteiger charge is 2.03. The van der Waals surface area contributed by atoms with Crippen molar-refractivity contribution in [2.24, 2.45) is 5.73 Å². The molecule has 0 aliphatic rings. The van der Waals surface area contributed by atoms with E-state index >= 15 is 0 Å². The molecule has 1 rings (SSSR count). The molecule has 0 unspecified atom stereocenters. The number of aryl methyl sites for hydroxylation is 1. The minimum Gasteiger partial charge on any atom is -0.350 e. The topological polar surface area (TPSA) is 84.2 Å². The normalized spacial score (nSPS) is 9.89. The Labute approximate surface area is 107 Å². The van der Waals surface area contributed by atoms with Crippen molar-refractivity contribution >= 4 is 11.8 Å². The van der Waals surface area contributed by atoms with Gasteiger partial charge in [-0.3, -0.25) is 9.59 Å².